The second kappa shape index (κ2) is 7.33. The first-order chi connectivity index (χ1) is 14.1. The first kappa shape index (κ1) is 18.4. The van der Waals surface area contributed by atoms with Crippen LogP contribution in [-0.2, 0) is 16.2 Å². The smallest absolute Gasteiger partial charge is 0.291 e. The van der Waals surface area contributed by atoms with Crippen molar-refractivity contribution in [1.29, 1.82) is 0 Å². The second-order valence-corrected chi connectivity index (χ2v) is 9.26. The lowest BCUT2D eigenvalue weighted by Crippen LogP contribution is -2.32. The molecule has 0 spiro atoms. The maximum absolute atomic E-state index is 12.7. The van der Waals surface area contributed by atoms with Crippen LogP contribution in [0.25, 0.3) is 0 Å². The Morgan fingerprint density at radius 1 is 0.966 bits per heavy atom. The zero-order valence-electron chi connectivity index (χ0n) is 16.6. The van der Waals surface area contributed by atoms with Crippen molar-refractivity contribution >= 4 is 17.4 Å². The molecule has 0 saturated heterocycles. The molecule has 4 aliphatic carbocycles. The van der Waals surface area contributed by atoms with Gasteiger partial charge in [0.1, 0.15) is 12.4 Å². The highest BCUT2D eigenvalue weighted by molar-refractivity contribution is 6.40. The van der Waals surface area contributed by atoms with Crippen LogP contribution in [0.5, 0.6) is 5.75 Å². The normalized spacial score (nSPS) is 29.0. The summed E-state index contributed by atoms with van der Waals surface area (Å²) in [5.41, 5.74) is 1.79. The summed E-state index contributed by atoms with van der Waals surface area (Å²) in [5.74, 6) is 2.16. The molecule has 6 rings (SSSR count). The molecule has 29 heavy (non-hydrogen) atoms. The molecule has 4 aliphatic rings. The van der Waals surface area contributed by atoms with Crippen LogP contribution in [0.3, 0.4) is 0 Å². The van der Waals surface area contributed by atoms with E-state index in [4.69, 9.17) is 4.74 Å². The number of amides is 1. The predicted molar refractivity (Wildman–Crippen MR) is 111 cm³/mol. The molecule has 0 aliphatic heterocycles. The minimum absolute atomic E-state index is 0.114. The SMILES string of the molecule is O=C(CC12CC3CC(CC1C3)C2)C(=O)Nc1cccc(OCc2ccccc2)c1. The summed E-state index contributed by atoms with van der Waals surface area (Å²) in [5, 5.41) is 2.78. The van der Waals surface area contributed by atoms with Crippen molar-refractivity contribution in [3.05, 3.63) is 60.2 Å². The Hall–Kier alpha value is -2.62. The Labute approximate surface area is 171 Å². The Balaban J connectivity index is 1.19. The molecule has 150 valence electrons. The fourth-order valence-corrected chi connectivity index (χ4v) is 6.26. The number of benzene rings is 2. The zero-order chi connectivity index (χ0) is 19.8. The van der Waals surface area contributed by atoms with Crippen molar-refractivity contribution in [3.63, 3.8) is 0 Å². The molecule has 0 aromatic heterocycles. The molecule has 0 radical (unpaired) electrons. The number of ether oxygens (including phenoxy) is 1. The van der Waals surface area contributed by atoms with Gasteiger partial charge in [0.2, 0.25) is 5.78 Å². The highest BCUT2D eigenvalue weighted by Crippen LogP contribution is 2.66. The van der Waals surface area contributed by atoms with E-state index >= 15 is 0 Å². The first-order valence-corrected chi connectivity index (χ1v) is 10.7. The van der Waals surface area contributed by atoms with Gasteiger partial charge in [-0.3, -0.25) is 9.59 Å². The van der Waals surface area contributed by atoms with Crippen LogP contribution in [-0.4, -0.2) is 11.7 Å². The van der Waals surface area contributed by atoms with Crippen LogP contribution < -0.4 is 10.1 Å². The number of carbonyl (C=O) groups excluding carboxylic acids is 2. The summed E-state index contributed by atoms with van der Waals surface area (Å²) in [6, 6.07) is 17.2. The van der Waals surface area contributed by atoms with E-state index in [1.54, 1.807) is 12.1 Å². The van der Waals surface area contributed by atoms with Gasteiger partial charge in [-0.15, -0.1) is 0 Å². The Morgan fingerprint density at radius 2 is 1.72 bits per heavy atom. The minimum atomic E-state index is -0.495. The predicted octanol–water partition coefficient (Wildman–Crippen LogP) is 4.99. The number of anilines is 1. The van der Waals surface area contributed by atoms with Gasteiger partial charge in [-0.05, 0) is 73.0 Å². The average Bonchev–Trinajstić information content (AvgIpc) is 3.10. The molecule has 2 aromatic carbocycles. The van der Waals surface area contributed by atoms with Crippen LogP contribution in [0.4, 0.5) is 5.69 Å². The fraction of sp³-hybridized carbons (Fsp3) is 0.440. The largest absolute Gasteiger partial charge is 0.489 e. The van der Waals surface area contributed by atoms with Gasteiger partial charge in [0.05, 0.1) is 0 Å². The van der Waals surface area contributed by atoms with Crippen LogP contribution in [0, 0.1) is 23.2 Å². The van der Waals surface area contributed by atoms with Gasteiger partial charge in [-0.25, -0.2) is 0 Å². The number of hydrogen-bond acceptors (Lipinski definition) is 3. The monoisotopic (exact) mass is 389 g/mol. The lowest BCUT2D eigenvalue weighted by molar-refractivity contribution is -0.136. The highest BCUT2D eigenvalue weighted by Gasteiger charge is 2.58. The van der Waals surface area contributed by atoms with Crippen LogP contribution in [0.15, 0.2) is 54.6 Å². The zero-order valence-corrected chi connectivity index (χ0v) is 16.6. The fourth-order valence-electron chi connectivity index (χ4n) is 6.26. The van der Waals surface area contributed by atoms with Crippen molar-refractivity contribution in [1.82, 2.24) is 0 Å². The lowest BCUT2D eigenvalue weighted by atomic mass is 9.72. The van der Waals surface area contributed by atoms with E-state index in [2.05, 4.69) is 5.32 Å². The van der Waals surface area contributed by atoms with Crippen molar-refractivity contribution in [3.8, 4) is 5.75 Å². The van der Waals surface area contributed by atoms with Crippen LogP contribution in [0.2, 0.25) is 0 Å². The maximum atomic E-state index is 12.7. The third kappa shape index (κ3) is 3.68. The molecule has 2 unspecified atom stereocenters. The van der Waals surface area contributed by atoms with Gasteiger partial charge >= 0.3 is 0 Å². The molecule has 4 bridgehead atoms. The van der Waals surface area contributed by atoms with Crippen LogP contribution >= 0.6 is 0 Å². The molecule has 2 aromatic rings. The molecule has 1 N–H and O–H groups in total. The Bertz CT molecular complexity index is 909. The van der Waals surface area contributed by atoms with E-state index < -0.39 is 5.91 Å². The van der Waals surface area contributed by atoms with Gasteiger partial charge in [-0.1, -0.05) is 36.4 Å². The number of hydrogen-bond donors (Lipinski definition) is 1. The maximum Gasteiger partial charge on any atom is 0.291 e. The Morgan fingerprint density at radius 3 is 2.48 bits per heavy atom. The summed E-state index contributed by atoms with van der Waals surface area (Å²) in [6.07, 6.45) is 6.60. The first-order valence-electron chi connectivity index (χ1n) is 10.7. The van der Waals surface area contributed by atoms with E-state index in [1.165, 1.54) is 19.3 Å². The quantitative estimate of drug-likeness (QED) is 0.679. The van der Waals surface area contributed by atoms with Gasteiger partial charge in [0, 0.05) is 18.2 Å². The second-order valence-electron chi connectivity index (χ2n) is 9.26. The number of ketones is 1. The van der Waals surface area contributed by atoms with Gasteiger partial charge in [0.15, 0.2) is 0 Å². The number of Topliss-reactive ketones (excluding diaryl/α,β-unsaturated/α-hetero) is 1. The van der Waals surface area contributed by atoms with E-state index in [-0.39, 0.29) is 11.2 Å². The molecule has 0 heterocycles. The summed E-state index contributed by atoms with van der Waals surface area (Å²) in [7, 11) is 0. The lowest BCUT2D eigenvalue weighted by Gasteiger charge is -2.32. The van der Waals surface area contributed by atoms with Crippen molar-refractivity contribution in [2.24, 2.45) is 23.2 Å². The molecule has 4 fully saturated rings. The van der Waals surface area contributed by atoms with Crippen LogP contribution in [0.1, 0.15) is 44.1 Å². The number of nitrogens with one attached hydrogen (secondary N) is 1. The van der Waals surface area contributed by atoms with E-state index in [1.807, 2.05) is 42.5 Å². The van der Waals surface area contributed by atoms with Crippen molar-refractivity contribution in [2.45, 2.75) is 45.1 Å². The molecule has 4 saturated carbocycles. The van der Waals surface area contributed by atoms with Gasteiger partial charge in [0.25, 0.3) is 5.91 Å². The standard InChI is InChI=1S/C25H27NO3/c27-23(15-25-13-18-9-19(14-25)11-20(25)10-18)24(28)26-21-7-4-8-22(12-21)29-16-17-5-2-1-3-6-17/h1-8,12,18-20H,9-11,13-16H2,(H,26,28). The van der Waals surface area contributed by atoms with E-state index in [9.17, 15) is 9.59 Å². The van der Waals surface area contributed by atoms with Gasteiger partial charge < -0.3 is 10.1 Å². The molecular formula is C25H27NO3. The van der Waals surface area contributed by atoms with E-state index in [0.29, 0.717) is 30.4 Å². The summed E-state index contributed by atoms with van der Waals surface area (Å²) in [4.78, 5) is 25.3. The average molecular weight is 389 g/mol. The molecule has 4 nitrogen and oxygen atoms in total. The summed E-state index contributed by atoms with van der Waals surface area (Å²) >= 11 is 0. The topological polar surface area (TPSA) is 55.4 Å². The molecule has 4 heteroatoms. The molecule has 2 atom stereocenters. The highest BCUT2D eigenvalue weighted by atomic mass is 16.5. The minimum Gasteiger partial charge on any atom is -0.489 e. The van der Waals surface area contributed by atoms with Crippen molar-refractivity contribution in [2.75, 3.05) is 5.32 Å². The van der Waals surface area contributed by atoms with E-state index in [0.717, 1.165) is 30.2 Å². The molecular weight excluding hydrogens is 362 g/mol. The third-order valence-electron chi connectivity index (χ3n) is 7.26. The summed E-state index contributed by atoms with van der Waals surface area (Å²) < 4.78 is 5.82. The number of rotatable bonds is 7. The Kier molecular flexibility index (Phi) is 4.65. The summed E-state index contributed by atoms with van der Waals surface area (Å²) in [6.45, 7) is 0.462. The molecule has 1 amide bonds. The third-order valence-corrected chi connectivity index (χ3v) is 7.26. The number of carbonyl (C=O) groups is 2. The van der Waals surface area contributed by atoms with Crippen molar-refractivity contribution < 1.29 is 14.3 Å². The van der Waals surface area contributed by atoms with Gasteiger partial charge in [-0.2, -0.15) is 0 Å².